The van der Waals surface area contributed by atoms with Gasteiger partial charge in [-0.2, -0.15) is 0 Å². The van der Waals surface area contributed by atoms with E-state index in [9.17, 15) is 9.59 Å². The monoisotopic (exact) mass is 315 g/mol. The molecule has 1 atom stereocenters. The van der Waals surface area contributed by atoms with Crippen molar-refractivity contribution in [1.29, 1.82) is 0 Å². The van der Waals surface area contributed by atoms with Gasteiger partial charge in [0, 0.05) is 17.0 Å². The third-order valence-electron chi connectivity index (χ3n) is 3.96. The third kappa shape index (κ3) is 2.76. The minimum Gasteiger partial charge on any atom is -0.478 e. The second kappa shape index (κ2) is 5.93. The normalized spacial score (nSPS) is 17.7. The highest BCUT2D eigenvalue weighted by Gasteiger charge is 2.31. The van der Waals surface area contributed by atoms with Crippen LogP contribution >= 0.6 is 11.3 Å². The first kappa shape index (κ1) is 14.8. The Kier molecular flexibility index (Phi) is 3.98. The number of carboxylic acids is 1. The number of benzene rings is 1. The lowest BCUT2D eigenvalue weighted by Crippen LogP contribution is -2.30. The molecule has 1 aliphatic rings. The van der Waals surface area contributed by atoms with Gasteiger partial charge in [0.1, 0.15) is 0 Å². The molecule has 5 heteroatoms. The van der Waals surface area contributed by atoms with E-state index in [0.29, 0.717) is 5.56 Å². The van der Waals surface area contributed by atoms with Crippen molar-refractivity contribution < 1.29 is 14.7 Å². The lowest BCUT2D eigenvalue weighted by Gasteiger charge is -2.24. The zero-order valence-corrected chi connectivity index (χ0v) is 13.1. The Labute approximate surface area is 133 Å². The van der Waals surface area contributed by atoms with Crippen LogP contribution in [0.3, 0.4) is 0 Å². The van der Waals surface area contributed by atoms with E-state index in [4.69, 9.17) is 5.11 Å². The molecule has 0 saturated carbocycles. The summed E-state index contributed by atoms with van der Waals surface area (Å²) in [5.41, 5.74) is 1.41. The largest absolute Gasteiger partial charge is 0.478 e. The minimum absolute atomic E-state index is 0.0814. The zero-order valence-electron chi connectivity index (χ0n) is 12.3. The van der Waals surface area contributed by atoms with Crippen LogP contribution in [0, 0.1) is 6.92 Å². The van der Waals surface area contributed by atoms with Crippen LogP contribution in [0.15, 0.2) is 35.7 Å². The summed E-state index contributed by atoms with van der Waals surface area (Å²) >= 11 is 1.66. The predicted molar refractivity (Wildman–Crippen MR) is 85.5 cm³/mol. The van der Waals surface area contributed by atoms with Crippen molar-refractivity contribution in [2.75, 3.05) is 6.54 Å². The topological polar surface area (TPSA) is 57.6 Å². The third-order valence-corrected chi connectivity index (χ3v) is 4.93. The van der Waals surface area contributed by atoms with E-state index >= 15 is 0 Å². The number of rotatable bonds is 3. The van der Waals surface area contributed by atoms with Crippen molar-refractivity contribution in [3.05, 3.63) is 57.3 Å². The van der Waals surface area contributed by atoms with Gasteiger partial charge in [0.15, 0.2) is 0 Å². The number of hydrogen-bond acceptors (Lipinski definition) is 3. The highest BCUT2D eigenvalue weighted by atomic mass is 32.1. The Bertz CT molecular complexity index is 709. The molecule has 0 aliphatic carbocycles. The van der Waals surface area contributed by atoms with E-state index in [1.54, 1.807) is 23.5 Å². The number of nitrogens with zero attached hydrogens (tertiary/aromatic N) is 1. The SMILES string of the molecule is Cc1cc(C(=O)O)cc(C(=O)N2CCCC2c2cccs2)c1. The van der Waals surface area contributed by atoms with Crippen molar-refractivity contribution in [3.63, 3.8) is 0 Å². The highest BCUT2D eigenvalue weighted by Crippen LogP contribution is 2.35. The Morgan fingerprint density at radius 3 is 2.73 bits per heavy atom. The van der Waals surface area contributed by atoms with Gasteiger partial charge in [-0.25, -0.2) is 4.79 Å². The molecule has 114 valence electrons. The summed E-state index contributed by atoms with van der Waals surface area (Å²) in [6.45, 7) is 2.53. The molecule has 1 aromatic heterocycles. The molecule has 22 heavy (non-hydrogen) atoms. The van der Waals surface area contributed by atoms with Crippen molar-refractivity contribution in [3.8, 4) is 0 Å². The van der Waals surface area contributed by atoms with Gasteiger partial charge in [-0.3, -0.25) is 4.79 Å². The maximum Gasteiger partial charge on any atom is 0.335 e. The molecule has 0 radical (unpaired) electrons. The predicted octanol–water partition coefficient (Wildman–Crippen LogP) is 3.73. The van der Waals surface area contributed by atoms with Gasteiger partial charge in [0.05, 0.1) is 11.6 Å². The van der Waals surface area contributed by atoms with Crippen molar-refractivity contribution in [1.82, 2.24) is 4.90 Å². The molecule has 1 N–H and O–H groups in total. The summed E-state index contributed by atoms with van der Waals surface area (Å²) in [6, 6.07) is 8.98. The lowest BCUT2D eigenvalue weighted by atomic mass is 10.0. The number of likely N-dealkylation sites (tertiary alicyclic amines) is 1. The van der Waals surface area contributed by atoms with Gasteiger partial charge in [-0.15, -0.1) is 11.3 Å². The van der Waals surface area contributed by atoms with Crippen LogP contribution in [0.1, 0.15) is 50.0 Å². The Balaban J connectivity index is 1.92. The molecule has 4 nitrogen and oxygen atoms in total. The van der Waals surface area contributed by atoms with Crippen LogP contribution < -0.4 is 0 Å². The summed E-state index contributed by atoms with van der Waals surface area (Å²) in [5.74, 6) is -1.09. The Hall–Kier alpha value is -2.14. The maximum absolute atomic E-state index is 12.8. The number of thiophene rings is 1. The quantitative estimate of drug-likeness (QED) is 0.939. The fraction of sp³-hybridized carbons (Fsp3) is 0.294. The molecule has 1 amide bonds. The van der Waals surface area contributed by atoms with Crippen molar-refractivity contribution >= 4 is 23.2 Å². The number of carboxylic acid groups (broad SMARTS) is 1. The van der Waals surface area contributed by atoms with E-state index in [1.807, 2.05) is 23.3 Å². The number of amides is 1. The fourth-order valence-corrected chi connectivity index (χ4v) is 3.86. The maximum atomic E-state index is 12.8. The van der Waals surface area contributed by atoms with E-state index in [-0.39, 0.29) is 17.5 Å². The van der Waals surface area contributed by atoms with E-state index in [1.165, 1.54) is 10.9 Å². The fourth-order valence-electron chi connectivity index (χ4n) is 2.98. The summed E-state index contributed by atoms with van der Waals surface area (Å²) in [5, 5.41) is 11.2. The number of hydrogen-bond donors (Lipinski definition) is 1. The average Bonchev–Trinajstić information content (AvgIpc) is 3.16. The molecule has 1 unspecified atom stereocenters. The number of carbonyl (C=O) groups excluding carboxylic acids is 1. The van der Waals surface area contributed by atoms with Crippen LogP contribution in [0.2, 0.25) is 0 Å². The van der Waals surface area contributed by atoms with Gasteiger partial charge >= 0.3 is 5.97 Å². The van der Waals surface area contributed by atoms with Crippen LogP contribution in [0.5, 0.6) is 0 Å². The standard InChI is InChI=1S/C17H17NO3S/c1-11-8-12(10-13(9-11)17(20)21)16(19)18-6-2-4-14(18)15-5-3-7-22-15/h3,5,7-10,14H,2,4,6H2,1H3,(H,20,21). The number of carbonyl (C=O) groups is 2. The average molecular weight is 315 g/mol. The summed E-state index contributed by atoms with van der Waals surface area (Å²) < 4.78 is 0. The second-order valence-corrected chi connectivity index (χ2v) is 6.54. The Morgan fingerprint density at radius 2 is 2.05 bits per heavy atom. The van der Waals surface area contributed by atoms with Gasteiger partial charge < -0.3 is 10.0 Å². The molecule has 1 aromatic carbocycles. The van der Waals surface area contributed by atoms with Gasteiger partial charge in [0.2, 0.25) is 0 Å². The van der Waals surface area contributed by atoms with Crippen molar-refractivity contribution in [2.24, 2.45) is 0 Å². The summed E-state index contributed by atoms with van der Waals surface area (Å²) in [6.07, 6.45) is 1.94. The highest BCUT2D eigenvalue weighted by molar-refractivity contribution is 7.10. The van der Waals surface area contributed by atoms with Gasteiger partial charge in [-0.1, -0.05) is 6.07 Å². The molecular formula is C17H17NO3S. The van der Waals surface area contributed by atoms with Crippen LogP contribution in [0.25, 0.3) is 0 Å². The van der Waals surface area contributed by atoms with Gasteiger partial charge in [0.25, 0.3) is 5.91 Å². The zero-order chi connectivity index (χ0) is 15.7. The second-order valence-electron chi connectivity index (χ2n) is 5.56. The molecule has 1 saturated heterocycles. The molecular weight excluding hydrogens is 298 g/mol. The van der Waals surface area contributed by atoms with Crippen molar-refractivity contribution in [2.45, 2.75) is 25.8 Å². The molecule has 1 aliphatic heterocycles. The Morgan fingerprint density at radius 1 is 1.27 bits per heavy atom. The van der Waals surface area contributed by atoms with Crippen LogP contribution in [-0.4, -0.2) is 28.4 Å². The molecule has 3 rings (SSSR count). The number of aryl methyl sites for hydroxylation is 1. The van der Waals surface area contributed by atoms with E-state index < -0.39 is 5.97 Å². The first-order chi connectivity index (χ1) is 10.6. The molecule has 2 aromatic rings. The van der Waals surface area contributed by atoms with Crippen LogP contribution in [0.4, 0.5) is 0 Å². The molecule has 0 spiro atoms. The minimum atomic E-state index is -1.01. The van der Waals surface area contributed by atoms with Gasteiger partial charge in [-0.05, 0) is 55.0 Å². The summed E-state index contributed by atoms with van der Waals surface area (Å²) in [7, 11) is 0. The van der Waals surface area contributed by atoms with Crippen LogP contribution in [-0.2, 0) is 0 Å². The molecule has 1 fully saturated rings. The molecule has 2 heterocycles. The summed E-state index contributed by atoms with van der Waals surface area (Å²) in [4.78, 5) is 27.1. The lowest BCUT2D eigenvalue weighted by molar-refractivity contribution is 0.0696. The first-order valence-electron chi connectivity index (χ1n) is 7.25. The van der Waals surface area contributed by atoms with E-state index in [2.05, 4.69) is 6.07 Å². The molecule has 0 bridgehead atoms. The smallest absolute Gasteiger partial charge is 0.335 e. The van der Waals surface area contributed by atoms with E-state index in [0.717, 1.165) is 24.9 Å². The first-order valence-corrected chi connectivity index (χ1v) is 8.13. The number of aromatic carboxylic acids is 1.